The Morgan fingerprint density at radius 2 is 1.80 bits per heavy atom. The second-order valence-corrected chi connectivity index (χ2v) is 5.31. The van der Waals surface area contributed by atoms with Gasteiger partial charge in [0.25, 0.3) is 0 Å². The molecule has 0 saturated heterocycles. The van der Waals surface area contributed by atoms with E-state index in [0.29, 0.717) is 11.8 Å². The van der Waals surface area contributed by atoms with E-state index < -0.39 is 29.9 Å². The molecular weight excluding hydrogens is 344 g/mol. The smallest absolute Gasteiger partial charge is 0.395 e. The Hall–Kier alpha value is -2.97. The van der Waals surface area contributed by atoms with Crippen LogP contribution in [0.1, 0.15) is 6.92 Å². The SMILES string of the molecule is CC(Nc1ccc2c(c1)OC(F)(F)O2)C(=O)Nc1ccc(F)cc1F. The first kappa shape index (κ1) is 16.9. The molecule has 2 aromatic carbocycles. The first-order valence-corrected chi connectivity index (χ1v) is 7.16. The molecule has 0 aromatic heterocycles. The van der Waals surface area contributed by atoms with Gasteiger partial charge >= 0.3 is 6.29 Å². The average Bonchev–Trinajstić information content (AvgIpc) is 2.83. The number of benzene rings is 2. The molecule has 5 nitrogen and oxygen atoms in total. The fraction of sp³-hybridized carbons (Fsp3) is 0.188. The number of anilines is 2. The van der Waals surface area contributed by atoms with Crippen LogP contribution in [0.25, 0.3) is 0 Å². The minimum absolute atomic E-state index is 0.124. The molecule has 2 N–H and O–H groups in total. The maximum absolute atomic E-state index is 13.5. The minimum atomic E-state index is -3.73. The highest BCUT2D eigenvalue weighted by Crippen LogP contribution is 2.42. The van der Waals surface area contributed by atoms with E-state index in [4.69, 9.17) is 0 Å². The second kappa shape index (κ2) is 6.15. The monoisotopic (exact) mass is 356 g/mol. The maximum atomic E-state index is 13.5. The molecule has 1 aliphatic heterocycles. The van der Waals surface area contributed by atoms with Gasteiger partial charge in [-0.15, -0.1) is 8.78 Å². The number of hydrogen-bond donors (Lipinski definition) is 2. The van der Waals surface area contributed by atoms with Gasteiger partial charge in [0.05, 0.1) is 5.69 Å². The summed E-state index contributed by atoms with van der Waals surface area (Å²) in [5.74, 6) is -2.58. The van der Waals surface area contributed by atoms with Crippen LogP contribution in [0.4, 0.5) is 28.9 Å². The van der Waals surface area contributed by atoms with E-state index >= 15 is 0 Å². The van der Waals surface area contributed by atoms with Crippen LogP contribution >= 0.6 is 0 Å². The number of fused-ring (bicyclic) bond motifs is 1. The van der Waals surface area contributed by atoms with E-state index in [9.17, 15) is 22.4 Å². The van der Waals surface area contributed by atoms with Crippen molar-refractivity contribution in [2.45, 2.75) is 19.3 Å². The van der Waals surface area contributed by atoms with Gasteiger partial charge in [0, 0.05) is 17.8 Å². The number of nitrogens with one attached hydrogen (secondary N) is 2. The van der Waals surface area contributed by atoms with E-state index in [2.05, 4.69) is 20.1 Å². The van der Waals surface area contributed by atoms with Gasteiger partial charge in [0.1, 0.15) is 17.7 Å². The van der Waals surface area contributed by atoms with Gasteiger partial charge < -0.3 is 20.1 Å². The summed E-state index contributed by atoms with van der Waals surface area (Å²) in [5, 5.41) is 5.06. The molecule has 1 atom stereocenters. The molecule has 1 aliphatic rings. The summed E-state index contributed by atoms with van der Waals surface area (Å²) in [6, 6.07) is 5.84. The predicted molar refractivity (Wildman–Crippen MR) is 80.7 cm³/mol. The van der Waals surface area contributed by atoms with Gasteiger partial charge in [0.2, 0.25) is 5.91 Å². The van der Waals surface area contributed by atoms with Crippen LogP contribution < -0.4 is 20.1 Å². The lowest BCUT2D eigenvalue weighted by molar-refractivity contribution is -0.286. The topological polar surface area (TPSA) is 59.6 Å². The van der Waals surface area contributed by atoms with Gasteiger partial charge in [-0.2, -0.15) is 0 Å². The normalized spacial score (nSPS) is 15.6. The van der Waals surface area contributed by atoms with Gasteiger partial charge in [-0.1, -0.05) is 0 Å². The average molecular weight is 356 g/mol. The Morgan fingerprint density at radius 3 is 2.52 bits per heavy atom. The zero-order chi connectivity index (χ0) is 18.2. The highest BCUT2D eigenvalue weighted by molar-refractivity contribution is 5.96. The molecule has 1 heterocycles. The van der Waals surface area contributed by atoms with Crippen molar-refractivity contribution in [3.8, 4) is 11.5 Å². The molecule has 132 valence electrons. The Balaban J connectivity index is 1.66. The predicted octanol–water partition coefficient (Wildman–Crippen LogP) is 3.73. The van der Waals surface area contributed by atoms with Crippen molar-refractivity contribution < 1.29 is 31.8 Å². The number of halogens is 4. The number of rotatable bonds is 4. The van der Waals surface area contributed by atoms with Gasteiger partial charge in [-0.05, 0) is 31.2 Å². The Labute approximate surface area is 139 Å². The molecule has 0 saturated carbocycles. The second-order valence-electron chi connectivity index (χ2n) is 5.31. The highest BCUT2D eigenvalue weighted by Gasteiger charge is 2.43. The zero-order valence-electron chi connectivity index (χ0n) is 12.8. The van der Waals surface area contributed by atoms with Crippen LogP contribution in [0, 0.1) is 11.6 Å². The van der Waals surface area contributed by atoms with Crippen LogP contribution in [0.3, 0.4) is 0 Å². The molecule has 1 unspecified atom stereocenters. The molecule has 0 fully saturated rings. The van der Waals surface area contributed by atoms with Crippen molar-refractivity contribution in [2.75, 3.05) is 10.6 Å². The summed E-state index contributed by atoms with van der Waals surface area (Å²) < 4.78 is 60.9. The molecule has 3 rings (SSSR count). The summed E-state index contributed by atoms with van der Waals surface area (Å²) in [6.07, 6.45) is -3.73. The third-order valence-corrected chi connectivity index (χ3v) is 3.37. The van der Waals surface area contributed by atoms with Crippen LogP contribution in [-0.2, 0) is 4.79 Å². The van der Waals surface area contributed by atoms with Crippen molar-refractivity contribution in [2.24, 2.45) is 0 Å². The van der Waals surface area contributed by atoms with E-state index in [1.807, 2.05) is 0 Å². The summed E-state index contributed by atoms with van der Waals surface area (Å²) in [7, 11) is 0. The lowest BCUT2D eigenvalue weighted by atomic mass is 10.2. The van der Waals surface area contributed by atoms with Crippen LogP contribution in [-0.4, -0.2) is 18.2 Å². The van der Waals surface area contributed by atoms with Crippen LogP contribution in [0.2, 0.25) is 0 Å². The standard InChI is InChI=1S/C16H12F4N2O3/c1-8(15(23)22-12-4-2-9(17)6-11(12)18)21-10-3-5-13-14(7-10)25-16(19,20)24-13/h2-8,21H,1H3,(H,22,23). The fourth-order valence-corrected chi connectivity index (χ4v) is 2.19. The first-order valence-electron chi connectivity index (χ1n) is 7.16. The number of amides is 1. The van der Waals surface area contributed by atoms with Crippen molar-refractivity contribution in [1.29, 1.82) is 0 Å². The number of hydrogen-bond acceptors (Lipinski definition) is 4. The van der Waals surface area contributed by atoms with E-state index in [0.717, 1.165) is 12.1 Å². The molecule has 0 spiro atoms. The van der Waals surface area contributed by atoms with Crippen LogP contribution in [0.15, 0.2) is 36.4 Å². The summed E-state index contributed by atoms with van der Waals surface area (Å²) in [5.41, 5.74) is 0.146. The maximum Gasteiger partial charge on any atom is 0.586 e. The van der Waals surface area contributed by atoms with Gasteiger partial charge in [-0.3, -0.25) is 4.79 Å². The number of alkyl halides is 2. The Morgan fingerprint density at radius 1 is 1.08 bits per heavy atom. The summed E-state index contributed by atoms with van der Waals surface area (Å²) in [4.78, 5) is 12.1. The summed E-state index contributed by atoms with van der Waals surface area (Å²) in [6.45, 7) is 1.48. The van der Waals surface area contributed by atoms with Gasteiger partial charge in [0.15, 0.2) is 11.5 Å². The molecule has 0 radical (unpaired) electrons. The van der Waals surface area contributed by atoms with Crippen LogP contribution in [0.5, 0.6) is 11.5 Å². The quantitative estimate of drug-likeness (QED) is 0.820. The highest BCUT2D eigenvalue weighted by atomic mass is 19.3. The molecule has 0 aliphatic carbocycles. The largest absolute Gasteiger partial charge is 0.586 e. The fourth-order valence-electron chi connectivity index (χ4n) is 2.19. The Bertz CT molecular complexity index is 829. The van der Waals surface area contributed by atoms with E-state index in [1.165, 1.54) is 25.1 Å². The van der Waals surface area contributed by atoms with Crippen molar-refractivity contribution in [3.05, 3.63) is 48.0 Å². The third-order valence-electron chi connectivity index (χ3n) is 3.37. The number of ether oxygens (including phenoxy) is 2. The molecule has 9 heteroatoms. The first-order chi connectivity index (χ1) is 11.7. The lowest BCUT2D eigenvalue weighted by Gasteiger charge is -2.16. The number of carbonyl (C=O) groups excluding carboxylic acids is 1. The van der Waals surface area contributed by atoms with E-state index in [1.54, 1.807) is 0 Å². The molecule has 2 aromatic rings. The van der Waals surface area contributed by atoms with E-state index in [-0.39, 0.29) is 17.2 Å². The molecular formula is C16H12F4N2O3. The van der Waals surface area contributed by atoms with Crippen molar-refractivity contribution >= 4 is 17.3 Å². The zero-order valence-corrected chi connectivity index (χ0v) is 12.8. The molecule has 25 heavy (non-hydrogen) atoms. The number of carbonyl (C=O) groups is 1. The molecule has 0 bridgehead atoms. The lowest BCUT2D eigenvalue weighted by Crippen LogP contribution is -2.32. The minimum Gasteiger partial charge on any atom is -0.395 e. The Kier molecular flexibility index (Phi) is 4.15. The van der Waals surface area contributed by atoms with Crippen molar-refractivity contribution in [1.82, 2.24) is 0 Å². The van der Waals surface area contributed by atoms with Crippen molar-refractivity contribution in [3.63, 3.8) is 0 Å². The molecule has 1 amide bonds. The third kappa shape index (κ3) is 3.76. The van der Waals surface area contributed by atoms with Gasteiger partial charge in [-0.25, -0.2) is 8.78 Å². The summed E-state index contributed by atoms with van der Waals surface area (Å²) >= 11 is 0.